The SMILES string of the molecule is CC1(C)C(O)CC1NC(CC(=O)O)c1cccs1. The van der Waals surface area contributed by atoms with Gasteiger partial charge >= 0.3 is 5.97 Å². The number of carboxylic acid groups (broad SMARTS) is 1. The van der Waals surface area contributed by atoms with Crippen molar-refractivity contribution in [2.45, 2.75) is 44.9 Å². The summed E-state index contributed by atoms with van der Waals surface area (Å²) >= 11 is 1.56. The van der Waals surface area contributed by atoms with E-state index in [9.17, 15) is 9.90 Å². The van der Waals surface area contributed by atoms with Crippen molar-refractivity contribution in [1.29, 1.82) is 0 Å². The van der Waals surface area contributed by atoms with Crippen LogP contribution < -0.4 is 5.32 Å². The van der Waals surface area contributed by atoms with E-state index in [4.69, 9.17) is 5.11 Å². The largest absolute Gasteiger partial charge is 0.481 e. The Morgan fingerprint density at radius 3 is 2.83 bits per heavy atom. The van der Waals surface area contributed by atoms with Crippen LogP contribution in [0.1, 0.15) is 37.6 Å². The molecule has 1 aliphatic rings. The number of aliphatic carboxylic acids is 1. The molecule has 5 heteroatoms. The molecule has 0 spiro atoms. The monoisotopic (exact) mass is 269 g/mol. The highest BCUT2D eigenvalue weighted by atomic mass is 32.1. The Morgan fingerprint density at radius 1 is 1.67 bits per heavy atom. The van der Waals surface area contributed by atoms with Crippen molar-refractivity contribution < 1.29 is 15.0 Å². The summed E-state index contributed by atoms with van der Waals surface area (Å²) in [5.74, 6) is -0.807. The summed E-state index contributed by atoms with van der Waals surface area (Å²) in [5, 5.41) is 24.0. The molecule has 3 N–H and O–H groups in total. The van der Waals surface area contributed by atoms with Gasteiger partial charge in [0.05, 0.1) is 18.6 Å². The molecule has 0 aromatic carbocycles. The highest BCUT2D eigenvalue weighted by Gasteiger charge is 2.47. The predicted octanol–water partition coefficient (Wildman–Crippen LogP) is 2.01. The van der Waals surface area contributed by atoms with Gasteiger partial charge in [-0.2, -0.15) is 0 Å². The van der Waals surface area contributed by atoms with Crippen LogP contribution in [0.15, 0.2) is 17.5 Å². The zero-order chi connectivity index (χ0) is 13.3. The first kappa shape index (κ1) is 13.5. The van der Waals surface area contributed by atoms with Crippen LogP contribution in [0.25, 0.3) is 0 Å². The van der Waals surface area contributed by atoms with Gasteiger partial charge in [0.1, 0.15) is 0 Å². The molecule has 2 rings (SSSR count). The van der Waals surface area contributed by atoms with E-state index >= 15 is 0 Å². The molecule has 1 aliphatic carbocycles. The van der Waals surface area contributed by atoms with Gasteiger partial charge in [0.2, 0.25) is 0 Å². The van der Waals surface area contributed by atoms with Crippen molar-refractivity contribution in [3.8, 4) is 0 Å². The summed E-state index contributed by atoms with van der Waals surface area (Å²) in [7, 11) is 0. The second-order valence-corrected chi connectivity index (χ2v) is 6.44. The Morgan fingerprint density at radius 2 is 2.39 bits per heavy atom. The van der Waals surface area contributed by atoms with Crippen LogP contribution in [0.2, 0.25) is 0 Å². The van der Waals surface area contributed by atoms with Gasteiger partial charge in [-0.3, -0.25) is 4.79 Å². The van der Waals surface area contributed by atoms with Crippen LogP contribution in [0.4, 0.5) is 0 Å². The number of hydrogen-bond donors (Lipinski definition) is 3. The van der Waals surface area contributed by atoms with Crippen LogP contribution in [0.3, 0.4) is 0 Å². The standard InChI is InChI=1S/C13H19NO3S/c1-13(2)10(7-11(13)15)14-8(6-12(16)17)9-4-3-5-18-9/h3-5,8,10-11,14-15H,6-7H2,1-2H3,(H,16,17). The van der Waals surface area contributed by atoms with E-state index in [2.05, 4.69) is 5.32 Å². The number of hydrogen-bond acceptors (Lipinski definition) is 4. The first-order valence-electron chi connectivity index (χ1n) is 6.10. The van der Waals surface area contributed by atoms with Gasteiger partial charge in [0.15, 0.2) is 0 Å². The lowest BCUT2D eigenvalue weighted by molar-refractivity contribution is -0.138. The topological polar surface area (TPSA) is 69.6 Å². The highest BCUT2D eigenvalue weighted by Crippen LogP contribution is 2.42. The summed E-state index contributed by atoms with van der Waals surface area (Å²) in [4.78, 5) is 12.0. The van der Waals surface area contributed by atoms with E-state index in [0.717, 1.165) is 4.88 Å². The third-order valence-electron chi connectivity index (χ3n) is 3.88. The molecule has 0 bridgehead atoms. The molecule has 0 aliphatic heterocycles. The average Bonchev–Trinajstić information content (AvgIpc) is 2.80. The first-order chi connectivity index (χ1) is 8.41. The van der Waals surface area contributed by atoms with Crippen LogP contribution in [0.5, 0.6) is 0 Å². The van der Waals surface area contributed by atoms with Crippen molar-refractivity contribution in [2.75, 3.05) is 0 Å². The van der Waals surface area contributed by atoms with Gasteiger partial charge in [-0.1, -0.05) is 19.9 Å². The Hall–Kier alpha value is -0.910. The molecule has 100 valence electrons. The van der Waals surface area contributed by atoms with E-state index in [1.807, 2.05) is 31.4 Å². The number of carboxylic acids is 1. The molecule has 1 saturated carbocycles. The summed E-state index contributed by atoms with van der Waals surface area (Å²) in [5.41, 5.74) is -0.186. The van der Waals surface area contributed by atoms with Gasteiger partial charge in [0, 0.05) is 16.3 Å². The normalized spacial score (nSPS) is 27.5. The molecule has 3 atom stereocenters. The molecule has 3 unspecified atom stereocenters. The third-order valence-corrected chi connectivity index (χ3v) is 4.87. The number of aliphatic hydroxyl groups excluding tert-OH is 1. The quantitative estimate of drug-likeness (QED) is 0.765. The third kappa shape index (κ3) is 2.58. The van der Waals surface area contributed by atoms with E-state index in [0.29, 0.717) is 6.42 Å². The molecule has 1 aromatic heterocycles. The molecular formula is C13H19NO3S. The van der Waals surface area contributed by atoms with Gasteiger partial charge in [0.25, 0.3) is 0 Å². The zero-order valence-electron chi connectivity index (χ0n) is 10.6. The fourth-order valence-corrected chi connectivity index (χ4v) is 3.12. The van der Waals surface area contributed by atoms with Crippen LogP contribution >= 0.6 is 11.3 Å². The second-order valence-electron chi connectivity index (χ2n) is 5.46. The van der Waals surface area contributed by atoms with E-state index in [-0.39, 0.29) is 30.0 Å². The van der Waals surface area contributed by atoms with Gasteiger partial charge in [-0.25, -0.2) is 0 Å². The summed E-state index contributed by atoms with van der Waals surface area (Å²) in [6, 6.07) is 3.88. The molecule has 1 heterocycles. The zero-order valence-corrected chi connectivity index (χ0v) is 11.4. The number of thiophene rings is 1. The Labute approximate surface area is 111 Å². The molecule has 18 heavy (non-hydrogen) atoms. The highest BCUT2D eigenvalue weighted by molar-refractivity contribution is 7.10. The van der Waals surface area contributed by atoms with Crippen molar-refractivity contribution in [1.82, 2.24) is 5.32 Å². The van der Waals surface area contributed by atoms with E-state index in [1.54, 1.807) is 11.3 Å². The van der Waals surface area contributed by atoms with Crippen LogP contribution in [-0.4, -0.2) is 28.3 Å². The smallest absolute Gasteiger partial charge is 0.305 e. The van der Waals surface area contributed by atoms with E-state index < -0.39 is 5.97 Å². The maximum Gasteiger partial charge on any atom is 0.305 e. The minimum atomic E-state index is -0.807. The van der Waals surface area contributed by atoms with Gasteiger partial charge < -0.3 is 15.5 Å². The molecular weight excluding hydrogens is 250 g/mol. The molecule has 0 radical (unpaired) electrons. The first-order valence-corrected chi connectivity index (χ1v) is 6.98. The van der Waals surface area contributed by atoms with Gasteiger partial charge in [-0.15, -0.1) is 11.3 Å². The minimum absolute atomic E-state index is 0.0726. The summed E-state index contributed by atoms with van der Waals surface area (Å²) in [6.45, 7) is 4.01. The molecule has 0 saturated heterocycles. The lowest BCUT2D eigenvalue weighted by Gasteiger charge is -2.50. The van der Waals surface area contributed by atoms with Gasteiger partial charge in [-0.05, 0) is 17.9 Å². The maximum atomic E-state index is 10.9. The maximum absolute atomic E-state index is 10.9. The Kier molecular flexibility index (Phi) is 3.75. The van der Waals surface area contributed by atoms with Crippen molar-refractivity contribution >= 4 is 17.3 Å². The number of rotatable bonds is 5. The summed E-state index contributed by atoms with van der Waals surface area (Å²) in [6.07, 6.45) is 0.460. The fraction of sp³-hybridized carbons (Fsp3) is 0.615. The Bertz CT molecular complexity index is 416. The summed E-state index contributed by atoms with van der Waals surface area (Å²) < 4.78 is 0. The number of aliphatic hydroxyl groups is 1. The molecule has 1 fully saturated rings. The predicted molar refractivity (Wildman–Crippen MR) is 70.6 cm³/mol. The van der Waals surface area contributed by atoms with E-state index in [1.165, 1.54) is 0 Å². The van der Waals surface area contributed by atoms with Crippen molar-refractivity contribution in [3.05, 3.63) is 22.4 Å². The van der Waals surface area contributed by atoms with Crippen molar-refractivity contribution in [3.63, 3.8) is 0 Å². The fourth-order valence-electron chi connectivity index (χ4n) is 2.33. The number of nitrogens with one attached hydrogen (secondary N) is 1. The molecule has 4 nitrogen and oxygen atoms in total. The second kappa shape index (κ2) is 4.99. The number of carbonyl (C=O) groups is 1. The molecule has 1 aromatic rings. The molecule has 0 amide bonds. The van der Waals surface area contributed by atoms with Crippen LogP contribution in [-0.2, 0) is 4.79 Å². The lowest BCUT2D eigenvalue weighted by atomic mass is 9.64. The average molecular weight is 269 g/mol. The van der Waals surface area contributed by atoms with Crippen molar-refractivity contribution in [2.24, 2.45) is 5.41 Å². The lowest BCUT2D eigenvalue weighted by Crippen LogP contribution is -2.60. The minimum Gasteiger partial charge on any atom is -0.481 e. The van der Waals surface area contributed by atoms with Crippen LogP contribution in [0, 0.1) is 5.41 Å². The Balaban J connectivity index is 2.05.